The Kier molecular flexibility index (Phi) is 7.85. The summed E-state index contributed by atoms with van der Waals surface area (Å²) < 4.78 is 16.8. The van der Waals surface area contributed by atoms with Crippen molar-refractivity contribution in [3.63, 3.8) is 0 Å². The standard InChI is InChI=1S/C4H3FN2O2.C4H8O2.CH4O/c5-2-1-6-4(9)7-3(2)8;5-4-1-2-6-3-4;1-2/h1H,(H2,6,7,8,9);4-5H,1-3H2;2H,1H3. The highest BCUT2D eigenvalue weighted by molar-refractivity contribution is 4.83. The first-order valence-electron chi connectivity index (χ1n) is 4.77. The predicted molar refractivity (Wildman–Crippen MR) is 57.2 cm³/mol. The molecule has 0 radical (unpaired) electrons. The van der Waals surface area contributed by atoms with E-state index in [1.807, 2.05) is 4.98 Å². The zero-order valence-corrected chi connectivity index (χ0v) is 9.27. The van der Waals surface area contributed by atoms with Crippen LogP contribution in [0, 0.1) is 5.82 Å². The van der Waals surface area contributed by atoms with Gasteiger partial charge in [-0.25, -0.2) is 4.79 Å². The Hall–Kier alpha value is -1.51. The molecular weight excluding hydrogens is 235 g/mol. The number of halogens is 1. The Morgan fingerprint density at radius 1 is 1.47 bits per heavy atom. The van der Waals surface area contributed by atoms with Crippen molar-refractivity contribution in [2.45, 2.75) is 12.5 Å². The van der Waals surface area contributed by atoms with Gasteiger partial charge in [-0.05, 0) is 6.42 Å². The number of aliphatic hydroxyl groups is 2. The van der Waals surface area contributed by atoms with Gasteiger partial charge in [0.25, 0.3) is 5.56 Å². The topological polar surface area (TPSA) is 115 Å². The Balaban J connectivity index is 0.000000278. The SMILES string of the molecule is CO.O=c1[nH]cc(F)c(=O)[nH]1.OC1CCOC1. The van der Waals surface area contributed by atoms with Gasteiger partial charge in [0.1, 0.15) is 0 Å². The molecular formula is C9H15FN2O5. The van der Waals surface area contributed by atoms with Crippen LogP contribution < -0.4 is 11.2 Å². The molecule has 0 saturated carbocycles. The average Bonchev–Trinajstić information content (AvgIpc) is 2.79. The van der Waals surface area contributed by atoms with E-state index in [-0.39, 0.29) is 6.10 Å². The van der Waals surface area contributed by atoms with Crippen molar-refractivity contribution < 1.29 is 19.3 Å². The Morgan fingerprint density at radius 2 is 2.12 bits per heavy atom. The molecule has 1 fully saturated rings. The molecule has 17 heavy (non-hydrogen) atoms. The molecule has 0 aliphatic carbocycles. The normalized spacial score (nSPS) is 17.5. The van der Waals surface area contributed by atoms with Crippen molar-refractivity contribution in [1.82, 2.24) is 9.97 Å². The Bertz CT molecular complexity index is 410. The molecule has 0 aromatic carbocycles. The summed E-state index contributed by atoms with van der Waals surface area (Å²) in [6.07, 6.45) is 1.35. The summed E-state index contributed by atoms with van der Waals surface area (Å²) >= 11 is 0. The fourth-order valence-corrected chi connectivity index (χ4v) is 0.915. The minimum absolute atomic E-state index is 0.176. The minimum atomic E-state index is -1.00. The van der Waals surface area contributed by atoms with E-state index in [0.717, 1.165) is 20.1 Å². The van der Waals surface area contributed by atoms with Gasteiger partial charge in [0.05, 0.1) is 12.7 Å². The van der Waals surface area contributed by atoms with Crippen molar-refractivity contribution in [3.8, 4) is 0 Å². The summed E-state index contributed by atoms with van der Waals surface area (Å²) in [5.41, 5.74) is -1.71. The highest BCUT2D eigenvalue weighted by Gasteiger charge is 2.09. The first kappa shape index (κ1) is 15.5. The van der Waals surface area contributed by atoms with E-state index in [9.17, 15) is 14.0 Å². The monoisotopic (exact) mass is 250 g/mol. The van der Waals surface area contributed by atoms with Gasteiger partial charge in [-0.1, -0.05) is 0 Å². The van der Waals surface area contributed by atoms with Crippen LogP contribution in [0.3, 0.4) is 0 Å². The molecule has 7 nitrogen and oxygen atoms in total. The van der Waals surface area contributed by atoms with Crippen molar-refractivity contribution in [2.75, 3.05) is 20.3 Å². The average molecular weight is 250 g/mol. The number of hydrogen-bond acceptors (Lipinski definition) is 5. The van der Waals surface area contributed by atoms with Gasteiger partial charge in [-0.3, -0.25) is 9.78 Å². The number of hydrogen-bond donors (Lipinski definition) is 4. The zero-order valence-electron chi connectivity index (χ0n) is 9.27. The molecule has 8 heteroatoms. The van der Waals surface area contributed by atoms with Crippen molar-refractivity contribution >= 4 is 0 Å². The minimum Gasteiger partial charge on any atom is -0.400 e. The highest BCUT2D eigenvalue weighted by atomic mass is 19.1. The van der Waals surface area contributed by atoms with Gasteiger partial charge < -0.3 is 19.9 Å². The van der Waals surface area contributed by atoms with E-state index < -0.39 is 17.1 Å². The summed E-state index contributed by atoms with van der Waals surface area (Å²) in [5, 5.41) is 15.6. The van der Waals surface area contributed by atoms with Crippen molar-refractivity contribution in [2.24, 2.45) is 0 Å². The lowest BCUT2D eigenvalue weighted by Gasteiger charge is -1.89. The third-order valence-electron chi connectivity index (χ3n) is 1.68. The number of ether oxygens (including phenoxy) is 1. The van der Waals surface area contributed by atoms with Gasteiger partial charge in [-0.15, -0.1) is 0 Å². The van der Waals surface area contributed by atoms with E-state index in [1.165, 1.54) is 0 Å². The molecule has 1 saturated heterocycles. The van der Waals surface area contributed by atoms with Crippen LogP contribution in [0.25, 0.3) is 0 Å². The van der Waals surface area contributed by atoms with Crippen LogP contribution in [0.15, 0.2) is 15.8 Å². The molecule has 1 aliphatic rings. The molecule has 4 N–H and O–H groups in total. The molecule has 1 unspecified atom stereocenters. The molecule has 2 heterocycles. The van der Waals surface area contributed by atoms with E-state index in [0.29, 0.717) is 12.8 Å². The van der Waals surface area contributed by atoms with E-state index in [4.69, 9.17) is 14.9 Å². The number of nitrogens with one attached hydrogen (secondary N) is 2. The zero-order chi connectivity index (χ0) is 13.3. The maximum absolute atomic E-state index is 12.0. The number of aromatic amines is 2. The molecule has 1 aromatic rings. The molecule has 98 valence electrons. The lowest BCUT2D eigenvalue weighted by atomic mass is 10.3. The van der Waals surface area contributed by atoms with Gasteiger partial charge in [-0.2, -0.15) is 4.39 Å². The Labute approximate surface area is 95.9 Å². The van der Waals surface area contributed by atoms with Crippen LogP contribution in [0.4, 0.5) is 4.39 Å². The molecule has 0 bridgehead atoms. The Morgan fingerprint density at radius 3 is 2.41 bits per heavy atom. The number of rotatable bonds is 0. The molecule has 0 amide bonds. The quantitative estimate of drug-likeness (QED) is 0.451. The highest BCUT2D eigenvalue weighted by Crippen LogP contribution is 2.00. The number of aromatic nitrogens is 2. The third-order valence-corrected chi connectivity index (χ3v) is 1.68. The fourth-order valence-electron chi connectivity index (χ4n) is 0.915. The fraction of sp³-hybridized carbons (Fsp3) is 0.556. The van der Waals surface area contributed by atoms with Crippen LogP contribution in [-0.2, 0) is 4.74 Å². The van der Waals surface area contributed by atoms with Crippen molar-refractivity contribution in [1.29, 1.82) is 0 Å². The summed E-state index contributed by atoms with van der Waals surface area (Å²) in [6.45, 7) is 1.28. The first-order chi connectivity index (χ1) is 8.09. The molecule has 1 atom stereocenters. The lowest BCUT2D eigenvalue weighted by molar-refractivity contribution is 0.127. The van der Waals surface area contributed by atoms with Crippen LogP contribution in [0.5, 0.6) is 0 Å². The summed E-state index contributed by atoms with van der Waals surface area (Å²) in [4.78, 5) is 24.0. The van der Waals surface area contributed by atoms with Gasteiger partial charge in [0.2, 0.25) is 5.82 Å². The second-order valence-electron chi connectivity index (χ2n) is 2.94. The second kappa shape index (κ2) is 8.62. The third kappa shape index (κ3) is 6.61. The van der Waals surface area contributed by atoms with Crippen molar-refractivity contribution in [3.05, 3.63) is 32.9 Å². The predicted octanol–water partition coefficient (Wildman–Crippen LogP) is -1.42. The summed E-state index contributed by atoms with van der Waals surface area (Å²) in [7, 11) is 1.00. The van der Waals surface area contributed by atoms with Crippen LogP contribution in [0.1, 0.15) is 6.42 Å². The summed E-state index contributed by atoms with van der Waals surface area (Å²) in [5.74, 6) is -0.991. The molecule has 1 aromatic heterocycles. The van der Waals surface area contributed by atoms with Crippen LogP contribution in [-0.4, -0.2) is 46.6 Å². The van der Waals surface area contributed by atoms with Gasteiger partial charge >= 0.3 is 5.69 Å². The maximum Gasteiger partial charge on any atom is 0.325 e. The number of aliphatic hydroxyl groups excluding tert-OH is 2. The maximum atomic E-state index is 12.0. The van der Waals surface area contributed by atoms with E-state index in [1.54, 1.807) is 4.98 Å². The van der Waals surface area contributed by atoms with E-state index >= 15 is 0 Å². The smallest absolute Gasteiger partial charge is 0.325 e. The largest absolute Gasteiger partial charge is 0.400 e. The first-order valence-corrected chi connectivity index (χ1v) is 4.77. The van der Waals surface area contributed by atoms with E-state index in [2.05, 4.69) is 0 Å². The van der Waals surface area contributed by atoms with Crippen LogP contribution >= 0.6 is 0 Å². The second-order valence-corrected chi connectivity index (χ2v) is 2.94. The molecule has 2 rings (SSSR count). The van der Waals surface area contributed by atoms with Gasteiger partial charge in [0.15, 0.2) is 0 Å². The molecule has 1 aliphatic heterocycles. The lowest BCUT2D eigenvalue weighted by Crippen LogP contribution is -2.23. The summed E-state index contributed by atoms with van der Waals surface area (Å²) in [6, 6.07) is 0. The number of H-pyrrole nitrogens is 2. The van der Waals surface area contributed by atoms with Gasteiger partial charge in [0, 0.05) is 19.9 Å². The van der Waals surface area contributed by atoms with Crippen LogP contribution in [0.2, 0.25) is 0 Å². The molecule has 0 spiro atoms.